The molecule has 0 saturated heterocycles. The van der Waals surface area contributed by atoms with Gasteiger partial charge in [-0.15, -0.1) is 0 Å². The first-order valence-electron chi connectivity index (χ1n) is 11.0. The summed E-state index contributed by atoms with van der Waals surface area (Å²) < 4.78 is 12.6. The average molecular weight is 468 g/mol. The van der Waals surface area contributed by atoms with Crippen LogP contribution < -0.4 is 15.0 Å². The largest absolute Gasteiger partial charge is 0.454 e. The van der Waals surface area contributed by atoms with E-state index in [0.29, 0.717) is 21.9 Å². The van der Waals surface area contributed by atoms with E-state index in [1.807, 2.05) is 85.9 Å². The number of nitrogens with zero attached hydrogens (tertiary/aromatic N) is 2. The molecule has 3 heterocycles. The van der Waals surface area contributed by atoms with E-state index in [-0.39, 0.29) is 12.4 Å². The summed E-state index contributed by atoms with van der Waals surface area (Å²) in [6.07, 6.45) is 1.86. The molecule has 6 rings (SSSR count). The predicted octanol–water partition coefficient (Wildman–Crippen LogP) is 5.71. The molecule has 0 spiro atoms. The van der Waals surface area contributed by atoms with Crippen LogP contribution in [0.3, 0.4) is 0 Å². The molecule has 6 nitrogen and oxygen atoms in total. The van der Waals surface area contributed by atoms with Gasteiger partial charge < -0.3 is 14.5 Å². The molecule has 0 amide bonds. The molecule has 0 radical (unpaired) electrons. The predicted molar refractivity (Wildman–Crippen MR) is 134 cm³/mol. The first-order valence-corrected chi connectivity index (χ1v) is 11.9. The molecule has 0 unspecified atom stereocenters. The van der Waals surface area contributed by atoms with Crippen LogP contribution in [0.4, 0.5) is 0 Å². The number of H-pyrrole nitrogens is 1. The third kappa shape index (κ3) is 3.64. The van der Waals surface area contributed by atoms with Gasteiger partial charge in [-0.25, -0.2) is 4.98 Å². The molecule has 1 aliphatic rings. The standard InChI is InChI=1S/C27H21N3O3S/c1-17-6-5-9-20(12-17)30-26(31)25-24(21(14-28-25)19-7-3-2-4-8-19)29-27(30)34-15-18-10-11-22-23(13-18)33-16-32-22/h2-14,28H,15-16H2,1H3. The van der Waals surface area contributed by atoms with Crippen LogP contribution >= 0.6 is 11.8 Å². The van der Waals surface area contributed by atoms with Crippen molar-refractivity contribution in [3.05, 3.63) is 100 Å². The maximum absolute atomic E-state index is 13.7. The van der Waals surface area contributed by atoms with E-state index in [2.05, 4.69) is 4.98 Å². The fourth-order valence-electron chi connectivity index (χ4n) is 4.15. The highest BCUT2D eigenvalue weighted by Crippen LogP contribution is 2.35. The van der Waals surface area contributed by atoms with E-state index in [1.54, 1.807) is 4.57 Å². The van der Waals surface area contributed by atoms with Crippen LogP contribution in [0.25, 0.3) is 27.8 Å². The number of aryl methyl sites for hydroxylation is 1. The van der Waals surface area contributed by atoms with Crippen molar-refractivity contribution in [1.29, 1.82) is 0 Å². The van der Waals surface area contributed by atoms with Gasteiger partial charge in [0.25, 0.3) is 5.56 Å². The van der Waals surface area contributed by atoms with Gasteiger partial charge in [0.05, 0.1) is 5.69 Å². The molecule has 1 N–H and O–H groups in total. The quantitative estimate of drug-likeness (QED) is 0.265. The van der Waals surface area contributed by atoms with E-state index in [4.69, 9.17) is 14.5 Å². The Morgan fingerprint density at radius 2 is 1.85 bits per heavy atom. The van der Waals surface area contributed by atoms with Gasteiger partial charge in [0.15, 0.2) is 16.7 Å². The van der Waals surface area contributed by atoms with Crippen LogP contribution in [0.1, 0.15) is 11.1 Å². The maximum atomic E-state index is 13.7. The smallest absolute Gasteiger partial charge is 0.283 e. The van der Waals surface area contributed by atoms with E-state index in [9.17, 15) is 4.79 Å². The number of hydrogen-bond acceptors (Lipinski definition) is 5. The van der Waals surface area contributed by atoms with E-state index < -0.39 is 0 Å². The highest BCUT2D eigenvalue weighted by molar-refractivity contribution is 7.98. The Kier molecular flexibility index (Phi) is 5.11. The summed E-state index contributed by atoms with van der Waals surface area (Å²) >= 11 is 1.52. The summed E-state index contributed by atoms with van der Waals surface area (Å²) in [5.74, 6) is 2.13. The first-order chi connectivity index (χ1) is 16.7. The number of fused-ring (bicyclic) bond motifs is 2. The highest BCUT2D eigenvalue weighted by atomic mass is 32.2. The Hall–Kier alpha value is -3.97. The first kappa shape index (κ1) is 20.6. The number of rotatable bonds is 5. The highest BCUT2D eigenvalue weighted by Gasteiger charge is 2.19. The fourth-order valence-corrected chi connectivity index (χ4v) is 5.10. The average Bonchev–Trinajstić information content (AvgIpc) is 3.50. The Bertz CT molecular complexity index is 1570. The second kappa shape index (κ2) is 8.43. The SMILES string of the molecule is Cc1cccc(-n2c(SCc3ccc4c(c3)OCO4)nc3c(-c4ccccc4)c[nH]c3c2=O)c1. The zero-order valence-electron chi connectivity index (χ0n) is 18.4. The topological polar surface area (TPSA) is 69.1 Å². The van der Waals surface area contributed by atoms with Crippen LogP contribution in [0.2, 0.25) is 0 Å². The third-order valence-electron chi connectivity index (χ3n) is 5.82. The van der Waals surface area contributed by atoms with E-state index >= 15 is 0 Å². The molecular weight excluding hydrogens is 446 g/mol. The summed E-state index contributed by atoms with van der Waals surface area (Å²) in [5.41, 5.74) is 5.91. The second-order valence-corrected chi connectivity index (χ2v) is 9.08. The molecule has 34 heavy (non-hydrogen) atoms. The molecule has 0 bridgehead atoms. The molecule has 7 heteroatoms. The lowest BCUT2D eigenvalue weighted by Crippen LogP contribution is -2.22. The lowest BCUT2D eigenvalue weighted by atomic mass is 10.1. The normalized spacial score (nSPS) is 12.4. The summed E-state index contributed by atoms with van der Waals surface area (Å²) in [6.45, 7) is 2.26. The molecule has 0 atom stereocenters. The summed E-state index contributed by atoms with van der Waals surface area (Å²) in [5, 5.41) is 0.637. The van der Waals surface area contributed by atoms with Gasteiger partial charge in [0, 0.05) is 17.5 Å². The molecule has 168 valence electrons. The fraction of sp³-hybridized carbons (Fsp3) is 0.111. The molecular formula is C27H21N3O3S. The number of thioether (sulfide) groups is 1. The van der Waals surface area contributed by atoms with Gasteiger partial charge in [-0.05, 0) is 47.9 Å². The Labute approximate surface area is 200 Å². The lowest BCUT2D eigenvalue weighted by Gasteiger charge is -2.13. The van der Waals surface area contributed by atoms with Crippen molar-refractivity contribution in [3.63, 3.8) is 0 Å². The van der Waals surface area contributed by atoms with Gasteiger partial charge in [0.1, 0.15) is 11.0 Å². The molecule has 0 aliphatic carbocycles. The number of aromatic amines is 1. The van der Waals surface area contributed by atoms with Crippen LogP contribution in [-0.4, -0.2) is 21.3 Å². The monoisotopic (exact) mass is 467 g/mol. The Morgan fingerprint density at radius 1 is 1.00 bits per heavy atom. The zero-order valence-corrected chi connectivity index (χ0v) is 19.3. The minimum absolute atomic E-state index is 0.119. The van der Waals surface area contributed by atoms with Crippen LogP contribution in [0, 0.1) is 6.92 Å². The van der Waals surface area contributed by atoms with Gasteiger partial charge >= 0.3 is 0 Å². The summed E-state index contributed by atoms with van der Waals surface area (Å²) in [7, 11) is 0. The summed E-state index contributed by atoms with van der Waals surface area (Å²) in [4.78, 5) is 21.9. The number of aromatic nitrogens is 3. The molecule has 5 aromatic rings. The molecule has 0 saturated carbocycles. The van der Waals surface area contributed by atoms with Crippen LogP contribution in [-0.2, 0) is 5.75 Å². The molecule has 3 aromatic carbocycles. The third-order valence-corrected chi connectivity index (χ3v) is 6.83. The van der Waals surface area contributed by atoms with Crippen LogP contribution in [0.5, 0.6) is 11.5 Å². The van der Waals surface area contributed by atoms with Gasteiger partial charge in [-0.2, -0.15) is 0 Å². The molecule has 0 fully saturated rings. The molecule has 1 aliphatic heterocycles. The maximum Gasteiger partial charge on any atom is 0.283 e. The number of benzene rings is 3. The van der Waals surface area contributed by atoms with Crippen molar-refractivity contribution in [3.8, 4) is 28.3 Å². The van der Waals surface area contributed by atoms with Crippen molar-refractivity contribution in [1.82, 2.24) is 14.5 Å². The summed E-state index contributed by atoms with van der Waals surface area (Å²) in [6, 6.07) is 23.8. The molecule has 2 aromatic heterocycles. The van der Waals surface area contributed by atoms with E-state index in [1.165, 1.54) is 11.8 Å². The Balaban J connectivity index is 1.48. The van der Waals surface area contributed by atoms with Crippen molar-refractivity contribution in [2.75, 3.05) is 6.79 Å². The zero-order chi connectivity index (χ0) is 23.1. The second-order valence-electron chi connectivity index (χ2n) is 8.14. The van der Waals surface area contributed by atoms with Crippen molar-refractivity contribution in [2.45, 2.75) is 17.8 Å². The number of ether oxygens (including phenoxy) is 2. The number of nitrogens with one attached hydrogen (secondary N) is 1. The van der Waals surface area contributed by atoms with Gasteiger partial charge in [0.2, 0.25) is 6.79 Å². The minimum atomic E-state index is -0.119. The van der Waals surface area contributed by atoms with Gasteiger partial charge in [-0.3, -0.25) is 9.36 Å². The Morgan fingerprint density at radius 3 is 2.71 bits per heavy atom. The van der Waals surface area contributed by atoms with Crippen molar-refractivity contribution in [2.24, 2.45) is 0 Å². The van der Waals surface area contributed by atoms with Crippen molar-refractivity contribution < 1.29 is 9.47 Å². The van der Waals surface area contributed by atoms with Crippen molar-refractivity contribution >= 4 is 22.8 Å². The number of hydrogen-bond donors (Lipinski definition) is 1. The van der Waals surface area contributed by atoms with Gasteiger partial charge in [-0.1, -0.05) is 60.3 Å². The van der Waals surface area contributed by atoms with E-state index in [0.717, 1.165) is 39.4 Å². The van der Waals surface area contributed by atoms with Crippen LogP contribution in [0.15, 0.2) is 88.9 Å². The minimum Gasteiger partial charge on any atom is -0.454 e. The lowest BCUT2D eigenvalue weighted by molar-refractivity contribution is 0.174.